The van der Waals surface area contributed by atoms with Gasteiger partial charge in [-0.05, 0) is 43.7 Å². The lowest BCUT2D eigenvalue weighted by atomic mass is 9.72. The predicted molar refractivity (Wildman–Crippen MR) is 81.4 cm³/mol. The Hall–Kier alpha value is -1.02. The largest absolute Gasteiger partial charge is 0.394 e. The maximum atomic E-state index is 9.89. The third-order valence-electron chi connectivity index (χ3n) is 4.59. The van der Waals surface area contributed by atoms with Crippen molar-refractivity contribution in [2.75, 3.05) is 11.9 Å². The molecule has 2 nitrogen and oxygen atoms in total. The molecule has 1 fully saturated rings. The van der Waals surface area contributed by atoms with Crippen LogP contribution in [0.5, 0.6) is 0 Å². The Bertz CT molecular complexity index is 398. The third-order valence-corrected chi connectivity index (χ3v) is 4.59. The van der Waals surface area contributed by atoms with Crippen molar-refractivity contribution in [1.82, 2.24) is 0 Å². The van der Waals surface area contributed by atoms with Gasteiger partial charge in [0.2, 0.25) is 0 Å². The van der Waals surface area contributed by atoms with Gasteiger partial charge in [-0.1, -0.05) is 44.4 Å². The molecule has 0 spiro atoms. The lowest BCUT2D eigenvalue weighted by Gasteiger charge is -2.42. The molecule has 2 N–H and O–H groups in total. The molecule has 0 bridgehead atoms. The molecule has 2 rings (SSSR count). The van der Waals surface area contributed by atoms with Crippen molar-refractivity contribution in [3.8, 4) is 0 Å². The number of aryl methyl sites for hydroxylation is 1. The molecule has 1 aliphatic carbocycles. The summed E-state index contributed by atoms with van der Waals surface area (Å²) in [5, 5.41) is 13.5. The summed E-state index contributed by atoms with van der Waals surface area (Å²) in [4.78, 5) is 0. The monoisotopic (exact) mass is 261 g/mol. The maximum Gasteiger partial charge on any atom is 0.0661 e. The molecule has 0 radical (unpaired) electrons. The van der Waals surface area contributed by atoms with Crippen LogP contribution < -0.4 is 5.32 Å². The van der Waals surface area contributed by atoms with E-state index in [4.69, 9.17) is 0 Å². The molecule has 2 heteroatoms. The predicted octanol–water partition coefficient (Wildman–Crippen LogP) is 3.98. The van der Waals surface area contributed by atoms with Gasteiger partial charge in [-0.15, -0.1) is 0 Å². The fourth-order valence-corrected chi connectivity index (χ4v) is 3.22. The van der Waals surface area contributed by atoms with Gasteiger partial charge in [0.05, 0.1) is 12.1 Å². The molecule has 1 aromatic rings. The first-order valence-electron chi connectivity index (χ1n) is 7.50. The lowest BCUT2D eigenvalue weighted by Crippen LogP contribution is -2.47. The van der Waals surface area contributed by atoms with Crippen molar-refractivity contribution in [3.05, 3.63) is 29.8 Å². The maximum absolute atomic E-state index is 9.89. The van der Waals surface area contributed by atoms with E-state index in [0.717, 1.165) is 24.4 Å². The van der Waals surface area contributed by atoms with Crippen LogP contribution in [0, 0.1) is 18.8 Å². The number of benzene rings is 1. The Morgan fingerprint density at radius 3 is 2.58 bits per heavy atom. The van der Waals surface area contributed by atoms with E-state index in [9.17, 15) is 5.11 Å². The summed E-state index contributed by atoms with van der Waals surface area (Å²) in [5.74, 6) is 1.42. The number of anilines is 1. The number of aliphatic hydroxyl groups excluding tert-OH is 1. The van der Waals surface area contributed by atoms with Gasteiger partial charge < -0.3 is 10.4 Å². The highest BCUT2D eigenvalue weighted by atomic mass is 16.3. The average Bonchev–Trinajstić information content (AvgIpc) is 2.42. The van der Waals surface area contributed by atoms with E-state index in [1.165, 1.54) is 18.4 Å². The summed E-state index contributed by atoms with van der Waals surface area (Å²) in [6.45, 7) is 6.92. The minimum Gasteiger partial charge on any atom is -0.394 e. The van der Waals surface area contributed by atoms with Crippen LogP contribution in [-0.4, -0.2) is 17.3 Å². The lowest BCUT2D eigenvalue weighted by molar-refractivity contribution is 0.126. The molecule has 106 valence electrons. The SMILES string of the molecule is Cc1ccc(NC2(CO)CCCC(C(C)C)C2)cc1. The fourth-order valence-electron chi connectivity index (χ4n) is 3.22. The fraction of sp³-hybridized carbons (Fsp3) is 0.647. The van der Waals surface area contributed by atoms with E-state index in [-0.39, 0.29) is 12.1 Å². The first-order chi connectivity index (χ1) is 9.04. The number of hydrogen-bond donors (Lipinski definition) is 2. The minimum atomic E-state index is -0.123. The van der Waals surface area contributed by atoms with Gasteiger partial charge in [-0.25, -0.2) is 0 Å². The van der Waals surface area contributed by atoms with Crippen LogP contribution in [0.2, 0.25) is 0 Å². The van der Waals surface area contributed by atoms with E-state index in [1.807, 2.05) is 0 Å². The molecule has 2 unspecified atom stereocenters. The van der Waals surface area contributed by atoms with E-state index < -0.39 is 0 Å². The second-order valence-corrected chi connectivity index (χ2v) is 6.53. The quantitative estimate of drug-likeness (QED) is 0.859. The Labute approximate surface area is 117 Å². The molecule has 0 amide bonds. The first-order valence-corrected chi connectivity index (χ1v) is 7.50. The van der Waals surface area contributed by atoms with E-state index in [2.05, 4.69) is 50.4 Å². The summed E-state index contributed by atoms with van der Waals surface area (Å²) >= 11 is 0. The zero-order valence-electron chi connectivity index (χ0n) is 12.4. The summed E-state index contributed by atoms with van der Waals surface area (Å²) in [6, 6.07) is 8.48. The zero-order chi connectivity index (χ0) is 13.9. The molecule has 0 aliphatic heterocycles. The molecule has 1 aromatic carbocycles. The summed E-state index contributed by atoms with van der Waals surface area (Å²) < 4.78 is 0. The highest BCUT2D eigenvalue weighted by molar-refractivity contribution is 5.47. The zero-order valence-corrected chi connectivity index (χ0v) is 12.4. The van der Waals surface area contributed by atoms with E-state index in [0.29, 0.717) is 5.92 Å². The molecule has 2 atom stereocenters. The summed E-state index contributed by atoms with van der Waals surface area (Å²) in [7, 11) is 0. The molecular formula is C17H27NO. The molecule has 0 heterocycles. The van der Waals surface area contributed by atoms with Crippen LogP contribution in [0.25, 0.3) is 0 Å². The van der Waals surface area contributed by atoms with Gasteiger partial charge in [0.1, 0.15) is 0 Å². The van der Waals surface area contributed by atoms with Crippen molar-refractivity contribution >= 4 is 5.69 Å². The molecular weight excluding hydrogens is 234 g/mol. The van der Waals surface area contributed by atoms with Crippen molar-refractivity contribution in [2.45, 2.75) is 52.0 Å². The van der Waals surface area contributed by atoms with Gasteiger partial charge in [-0.2, -0.15) is 0 Å². The van der Waals surface area contributed by atoms with Gasteiger partial charge in [0.15, 0.2) is 0 Å². The average molecular weight is 261 g/mol. The molecule has 0 aromatic heterocycles. The van der Waals surface area contributed by atoms with Gasteiger partial charge >= 0.3 is 0 Å². The first kappa shape index (κ1) is 14.4. The van der Waals surface area contributed by atoms with Crippen LogP contribution in [0.3, 0.4) is 0 Å². The highest BCUT2D eigenvalue weighted by Crippen LogP contribution is 2.38. The van der Waals surface area contributed by atoms with Crippen LogP contribution in [-0.2, 0) is 0 Å². The smallest absolute Gasteiger partial charge is 0.0661 e. The molecule has 1 saturated carbocycles. The second kappa shape index (κ2) is 5.96. The van der Waals surface area contributed by atoms with Crippen LogP contribution >= 0.6 is 0 Å². The van der Waals surface area contributed by atoms with Crippen molar-refractivity contribution in [2.24, 2.45) is 11.8 Å². The Balaban J connectivity index is 2.11. The highest BCUT2D eigenvalue weighted by Gasteiger charge is 2.36. The van der Waals surface area contributed by atoms with Crippen molar-refractivity contribution < 1.29 is 5.11 Å². The van der Waals surface area contributed by atoms with Gasteiger partial charge in [-0.3, -0.25) is 0 Å². The molecule has 1 aliphatic rings. The topological polar surface area (TPSA) is 32.3 Å². The number of rotatable bonds is 4. The van der Waals surface area contributed by atoms with Crippen molar-refractivity contribution in [1.29, 1.82) is 0 Å². The van der Waals surface area contributed by atoms with E-state index in [1.54, 1.807) is 0 Å². The van der Waals surface area contributed by atoms with Gasteiger partial charge in [0.25, 0.3) is 0 Å². The summed E-state index contributed by atoms with van der Waals surface area (Å²) in [6.07, 6.45) is 4.66. The van der Waals surface area contributed by atoms with Crippen LogP contribution in [0.15, 0.2) is 24.3 Å². The number of aliphatic hydroxyl groups is 1. The van der Waals surface area contributed by atoms with E-state index >= 15 is 0 Å². The van der Waals surface area contributed by atoms with Crippen LogP contribution in [0.1, 0.15) is 45.1 Å². The minimum absolute atomic E-state index is 0.123. The molecule has 0 saturated heterocycles. The third kappa shape index (κ3) is 3.50. The molecule has 19 heavy (non-hydrogen) atoms. The normalized spacial score (nSPS) is 27.5. The second-order valence-electron chi connectivity index (χ2n) is 6.53. The number of hydrogen-bond acceptors (Lipinski definition) is 2. The Kier molecular flexibility index (Phi) is 4.51. The van der Waals surface area contributed by atoms with Crippen molar-refractivity contribution in [3.63, 3.8) is 0 Å². The standard InChI is InChI=1S/C17H27NO/c1-13(2)15-5-4-10-17(11-15,12-19)18-16-8-6-14(3)7-9-16/h6-9,13,15,18-19H,4-5,10-12H2,1-3H3. The Morgan fingerprint density at radius 1 is 1.32 bits per heavy atom. The van der Waals surface area contributed by atoms with Crippen LogP contribution in [0.4, 0.5) is 5.69 Å². The summed E-state index contributed by atoms with van der Waals surface area (Å²) in [5.41, 5.74) is 2.28. The number of nitrogens with one attached hydrogen (secondary N) is 1. The van der Waals surface area contributed by atoms with Gasteiger partial charge in [0, 0.05) is 5.69 Å². The Morgan fingerprint density at radius 2 is 2.00 bits per heavy atom.